The number of hydrogen-bond donors (Lipinski definition) is 1. The van der Waals surface area contributed by atoms with Gasteiger partial charge in [-0.2, -0.15) is 8.42 Å². The Bertz CT molecular complexity index is 262. The van der Waals surface area contributed by atoms with Crippen LogP contribution in [0.2, 0.25) is 0 Å². The van der Waals surface area contributed by atoms with E-state index >= 15 is 0 Å². The molecule has 8 nitrogen and oxygen atoms in total. The number of carbonyl (C=O) groups is 1. The standard InChI is InChI=1S/C2H5N3O5S.Na.H/c1-10-11(8,9)5(4-7)2(3)6;;/h1H3,(H2,3,6);;. The van der Waals surface area contributed by atoms with Gasteiger partial charge >= 0.3 is 45.9 Å². The number of hydrogen-bond acceptors (Lipinski definition) is 6. The number of urea groups is 1. The second-order valence-corrected chi connectivity index (χ2v) is 2.82. The summed E-state index contributed by atoms with van der Waals surface area (Å²) >= 11 is 0. The van der Waals surface area contributed by atoms with Crippen LogP contribution >= 0.6 is 0 Å². The molecular weight excluding hydrogens is 201 g/mol. The average molecular weight is 207 g/mol. The van der Waals surface area contributed by atoms with Gasteiger partial charge in [0.05, 0.1) is 12.4 Å². The summed E-state index contributed by atoms with van der Waals surface area (Å²) in [5, 5.41) is 1.83. The van der Waals surface area contributed by atoms with Crippen LogP contribution in [0.4, 0.5) is 4.79 Å². The van der Waals surface area contributed by atoms with E-state index in [0.717, 1.165) is 7.11 Å². The Morgan fingerprint density at radius 1 is 1.58 bits per heavy atom. The van der Waals surface area contributed by atoms with Gasteiger partial charge in [-0.3, -0.25) is 4.18 Å². The number of rotatable bonds is 3. The molecule has 0 saturated carbocycles. The Morgan fingerprint density at radius 2 is 2.00 bits per heavy atom. The van der Waals surface area contributed by atoms with Gasteiger partial charge in [-0.25, -0.2) is 4.79 Å². The molecule has 0 unspecified atom stereocenters. The average Bonchev–Trinajstić information content (AvgIpc) is 1.88. The summed E-state index contributed by atoms with van der Waals surface area (Å²) in [6.07, 6.45) is 0. The summed E-state index contributed by atoms with van der Waals surface area (Å²) in [6.45, 7) is 0. The van der Waals surface area contributed by atoms with E-state index in [9.17, 15) is 18.1 Å². The molecule has 0 heterocycles. The molecular formula is C2H6N3NaO5S. The molecule has 0 aliphatic carbocycles. The third-order valence-corrected chi connectivity index (χ3v) is 1.78. The zero-order valence-electron chi connectivity index (χ0n) is 5.42. The van der Waals surface area contributed by atoms with Crippen LogP contribution in [0.3, 0.4) is 0 Å². The summed E-state index contributed by atoms with van der Waals surface area (Å²) < 4.78 is 24.2. The number of nitrogens with zero attached hydrogens (tertiary/aromatic N) is 2. The van der Waals surface area contributed by atoms with Gasteiger partial charge in [-0.05, 0) is 4.41 Å². The van der Waals surface area contributed by atoms with E-state index in [4.69, 9.17) is 0 Å². The van der Waals surface area contributed by atoms with Gasteiger partial charge < -0.3 is 5.73 Å². The first-order valence-electron chi connectivity index (χ1n) is 2.19. The van der Waals surface area contributed by atoms with Gasteiger partial charge in [0, 0.05) is 0 Å². The van der Waals surface area contributed by atoms with Crippen molar-refractivity contribution in [3.8, 4) is 0 Å². The number of amides is 2. The molecule has 0 rings (SSSR count). The summed E-state index contributed by atoms with van der Waals surface area (Å²) in [6, 6.07) is -1.53. The predicted molar refractivity (Wildman–Crippen MR) is 40.3 cm³/mol. The maximum absolute atomic E-state index is 10.5. The van der Waals surface area contributed by atoms with Crippen LogP contribution in [0.15, 0.2) is 5.29 Å². The molecule has 0 aromatic heterocycles. The normalized spacial score (nSPS) is 9.75. The van der Waals surface area contributed by atoms with Crippen LogP contribution in [0.25, 0.3) is 0 Å². The fourth-order valence-corrected chi connectivity index (χ4v) is 0.705. The molecule has 0 saturated heterocycles. The third-order valence-electron chi connectivity index (χ3n) is 0.685. The second-order valence-electron chi connectivity index (χ2n) is 1.29. The molecule has 0 atom stereocenters. The van der Waals surface area contributed by atoms with E-state index in [-0.39, 0.29) is 29.6 Å². The van der Waals surface area contributed by atoms with Crippen LogP contribution in [0.5, 0.6) is 0 Å². The van der Waals surface area contributed by atoms with Crippen LogP contribution in [-0.2, 0) is 14.5 Å². The molecule has 2 N–H and O–H groups in total. The van der Waals surface area contributed by atoms with Crippen molar-refractivity contribution in [3.05, 3.63) is 4.91 Å². The molecule has 0 spiro atoms. The first kappa shape index (κ1) is 14.3. The molecule has 0 bridgehead atoms. The fourth-order valence-electron chi connectivity index (χ4n) is 0.262. The van der Waals surface area contributed by atoms with E-state index in [2.05, 4.69) is 9.92 Å². The number of nitrogens with two attached hydrogens (primary N) is 1. The van der Waals surface area contributed by atoms with Crippen molar-refractivity contribution in [2.45, 2.75) is 0 Å². The molecule has 0 aliphatic heterocycles. The summed E-state index contributed by atoms with van der Waals surface area (Å²) in [4.78, 5) is 19.8. The zero-order valence-corrected chi connectivity index (χ0v) is 6.24. The fraction of sp³-hybridized carbons (Fsp3) is 0.500. The van der Waals surface area contributed by atoms with Crippen LogP contribution < -0.4 is 5.73 Å². The molecule has 0 fully saturated rings. The number of carbonyl (C=O) groups excluding carboxylic acids is 1. The summed E-state index contributed by atoms with van der Waals surface area (Å²) in [5.41, 5.74) is 4.44. The first-order valence-corrected chi connectivity index (χ1v) is 3.55. The monoisotopic (exact) mass is 207 g/mol. The molecule has 2 amide bonds. The van der Waals surface area contributed by atoms with E-state index in [0.29, 0.717) is 0 Å². The van der Waals surface area contributed by atoms with Gasteiger partial charge in [-0.1, -0.05) is 0 Å². The molecule has 10 heteroatoms. The van der Waals surface area contributed by atoms with E-state index in [1.165, 1.54) is 0 Å². The van der Waals surface area contributed by atoms with E-state index in [1.807, 2.05) is 5.29 Å². The number of primary amides is 1. The van der Waals surface area contributed by atoms with Crippen molar-refractivity contribution in [1.82, 2.24) is 4.41 Å². The van der Waals surface area contributed by atoms with Crippen molar-refractivity contribution >= 4 is 45.9 Å². The van der Waals surface area contributed by atoms with Gasteiger partial charge in [0.25, 0.3) is 0 Å². The Morgan fingerprint density at radius 3 is 2.08 bits per heavy atom. The number of nitroso groups, excluding NO2 is 1. The Hall–Kier alpha value is -0.220. The van der Waals surface area contributed by atoms with Crippen LogP contribution in [0.1, 0.15) is 0 Å². The van der Waals surface area contributed by atoms with E-state index in [1.54, 1.807) is 0 Å². The van der Waals surface area contributed by atoms with Crippen molar-refractivity contribution in [2.24, 2.45) is 11.0 Å². The van der Waals surface area contributed by atoms with Gasteiger partial charge in [-0.15, -0.1) is 4.91 Å². The Labute approximate surface area is 90.5 Å². The molecule has 0 aromatic carbocycles. The van der Waals surface area contributed by atoms with Crippen molar-refractivity contribution in [2.75, 3.05) is 7.11 Å². The molecule has 0 radical (unpaired) electrons. The topological polar surface area (TPSA) is 119 Å². The molecule has 0 aromatic rings. The maximum atomic E-state index is 10.5. The molecule has 12 heavy (non-hydrogen) atoms. The molecule has 0 aliphatic rings. The van der Waals surface area contributed by atoms with Crippen LogP contribution in [0, 0.1) is 4.91 Å². The Balaban J connectivity index is 0. The van der Waals surface area contributed by atoms with Gasteiger partial charge in [0.15, 0.2) is 0 Å². The quantitative estimate of drug-likeness (QED) is 0.335. The van der Waals surface area contributed by atoms with Crippen molar-refractivity contribution in [3.63, 3.8) is 0 Å². The van der Waals surface area contributed by atoms with E-state index < -0.39 is 20.7 Å². The zero-order chi connectivity index (χ0) is 9.07. The predicted octanol–water partition coefficient (Wildman–Crippen LogP) is -1.71. The minimum absolute atomic E-state index is 0. The SMILES string of the molecule is COS(=O)(=O)N(N=O)C(N)=O.[NaH]. The minimum atomic E-state index is -4.43. The Kier molecular flexibility index (Phi) is 6.48. The van der Waals surface area contributed by atoms with Crippen molar-refractivity contribution < 1.29 is 17.4 Å². The summed E-state index contributed by atoms with van der Waals surface area (Å²) in [7, 11) is -3.67. The summed E-state index contributed by atoms with van der Waals surface area (Å²) in [5.74, 6) is 0. The van der Waals surface area contributed by atoms with Crippen molar-refractivity contribution in [1.29, 1.82) is 0 Å². The van der Waals surface area contributed by atoms with Crippen LogP contribution in [-0.4, -0.2) is 55.5 Å². The van der Waals surface area contributed by atoms with Gasteiger partial charge in [0.1, 0.15) is 0 Å². The molecule has 66 valence electrons. The third kappa shape index (κ3) is 3.45. The first-order chi connectivity index (χ1) is 4.95. The van der Waals surface area contributed by atoms with Gasteiger partial charge in [0.2, 0.25) is 0 Å². The second kappa shape index (κ2) is 5.43.